The molecule has 170 valence electrons. The lowest BCUT2D eigenvalue weighted by Crippen LogP contribution is -2.37. The van der Waals surface area contributed by atoms with Crippen molar-refractivity contribution >= 4 is 28.3 Å². The molecule has 9 heteroatoms. The molecule has 3 aromatic rings. The van der Waals surface area contributed by atoms with Crippen LogP contribution in [0.5, 0.6) is 0 Å². The molecule has 0 saturated carbocycles. The number of aryl methyl sites for hydroxylation is 2. The van der Waals surface area contributed by atoms with Gasteiger partial charge in [-0.05, 0) is 48.6 Å². The fourth-order valence-electron chi connectivity index (χ4n) is 4.52. The molecule has 0 amide bonds. The first-order chi connectivity index (χ1) is 16.0. The molecule has 1 fully saturated rings. The Bertz CT molecular complexity index is 1310. The number of anilines is 1. The van der Waals surface area contributed by atoms with Crippen LogP contribution in [-0.2, 0) is 28.9 Å². The fraction of sp³-hybridized carbons (Fsp3) is 0.333. The highest BCUT2D eigenvalue weighted by molar-refractivity contribution is 5.97. The van der Waals surface area contributed by atoms with Crippen LogP contribution in [0.1, 0.15) is 33.5 Å². The van der Waals surface area contributed by atoms with Gasteiger partial charge in [-0.2, -0.15) is 0 Å². The van der Waals surface area contributed by atoms with Gasteiger partial charge in [-0.15, -0.1) is 0 Å². The Kier molecular flexibility index (Phi) is 5.55. The van der Waals surface area contributed by atoms with Crippen LogP contribution in [0.3, 0.4) is 0 Å². The number of carbonyl (C=O) groups excluding carboxylic acids is 1. The maximum absolute atomic E-state index is 13.1. The van der Waals surface area contributed by atoms with Gasteiger partial charge in [0.05, 0.1) is 29.4 Å². The molecule has 9 nitrogen and oxygen atoms in total. The van der Waals surface area contributed by atoms with Gasteiger partial charge in [0.25, 0.3) is 5.69 Å². The number of non-ortho nitro benzene ring substituents is 1. The van der Waals surface area contributed by atoms with Crippen molar-refractivity contribution in [2.75, 3.05) is 31.2 Å². The molecule has 1 aromatic heterocycles. The van der Waals surface area contributed by atoms with Crippen LogP contribution in [-0.4, -0.2) is 37.2 Å². The molecule has 2 aliphatic rings. The summed E-state index contributed by atoms with van der Waals surface area (Å²) in [7, 11) is 0. The first kappa shape index (κ1) is 21.1. The number of nitro benzene ring substituents is 1. The lowest BCUT2D eigenvalue weighted by Gasteiger charge is -2.30. The molecule has 2 heterocycles. The average Bonchev–Trinajstić information content (AvgIpc) is 3.28. The van der Waals surface area contributed by atoms with Gasteiger partial charge in [-0.1, -0.05) is 0 Å². The maximum atomic E-state index is 13.1. The minimum Gasteiger partial charge on any atom is -0.457 e. The number of rotatable bonds is 5. The van der Waals surface area contributed by atoms with Crippen LogP contribution < -0.4 is 10.5 Å². The number of hydrogen-bond acceptors (Lipinski definition) is 8. The van der Waals surface area contributed by atoms with Gasteiger partial charge in [0.1, 0.15) is 12.2 Å². The number of esters is 1. The van der Waals surface area contributed by atoms with Crippen LogP contribution in [0.4, 0.5) is 11.4 Å². The summed E-state index contributed by atoms with van der Waals surface area (Å²) in [5.41, 5.74) is 3.35. The van der Waals surface area contributed by atoms with E-state index in [-0.39, 0.29) is 17.9 Å². The summed E-state index contributed by atoms with van der Waals surface area (Å²) < 4.78 is 16.3. The van der Waals surface area contributed by atoms with E-state index >= 15 is 0 Å². The van der Waals surface area contributed by atoms with Crippen LogP contribution in [0.15, 0.2) is 45.6 Å². The zero-order chi connectivity index (χ0) is 22.9. The van der Waals surface area contributed by atoms with Gasteiger partial charge in [0.2, 0.25) is 0 Å². The van der Waals surface area contributed by atoms with E-state index in [0.29, 0.717) is 43.1 Å². The molecule has 1 saturated heterocycles. The van der Waals surface area contributed by atoms with E-state index in [1.54, 1.807) is 6.07 Å². The molecule has 0 atom stereocenters. The minimum absolute atomic E-state index is 0.110. The predicted molar refractivity (Wildman–Crippen MR) is 120 cm³/mol. The maximum Gasteiger partial charge on any atom is 0.340 e. The Balaban J connectivity index is 1.45. The molecule has 2 aromatic carbocycles. The second kappa shape index (κ2) is 8.67. The number of nitro groups is 1. The highest BCUT2D eigenvalue weighted by Crippen LogP contribution is 2.30. The van der Waals surface area contributed by atoms with E-state index in [1.807, 2.05) is 17.0 Å². The average molecular weight is 450 g/mol. The quantitative estimate of drug-likeness (QED) is 0.252. The number of hydrogen-bond donors (Lipinski definition) is 0. The second-order valence-electron chi connectivity index (χ2n) is 8.20. The summed E-state index contributed by atoms with van der Waals surface area (Å²) in [5, 5.41) is 12.0. The molecule has 0 radical (unpaired) electrons. The predicted octanol–water partition coefficient (Wildman–Crippen LogP) is 3.38. The van der Waals surface area contributed by atoms with Gasteiger partial charge >= 0.3 is 11.6 Å². The zero-order valence-electron chi connectivity index (χ0n) is 17.9. The Morgan fingerprint density at radius 3 is 2.61 bits per heavy atom. The number of morpholine rings is 1. The van der Waals surface area contributed by atoms with Crippen LogP contribution in [0.2, 0.25) is 0 Å². The monoisotopic (exact) mass is 450 g/mol. The van der Waals surface area contributed by atoms with Crippen LogP contribution >= 0.6 is 0 Å². The van der Waals surface area contributed by atoms with Crippen molar-refractivity contribution < 1.29 is 23.6 Å². The second-order valence-corrected chi connectivity index (χ2v) is 8.20. The van der Waals surface area contributed by atoms with Gasteiger partial charge in [0, 0.05) is 42.2 Å². The SMILES string of the molecule is O=C(OCc1cc(=O)oc2cc3c(cc12)CCC3)c1cc([N+](=O)[O-])ccc1N1CCOCC1. The Hall–Kier alpha value is -3.72. The zero-order valence-corrected chi connectivity index (χ0v) is 17.9. The summed E-state index contributed by atoms with van der Waals surface area (Å²) in [6, 6.07) is 9.39. The van der Waals surface area contributed by atoms with Gasteiger partial charge in [-0.25, -0.2) is 9.59 Å². The highest BCUT2D eigenvalue weighted by Gasteiger charge is 2.24. The van der Waals surface area contributed by atoms with Crippen LogP contribution in [0, 0.1) is 10.1 Å². The van der Waals surface area contributed by atoms with Crippen molar-refractivity contribution in [3.8, 4) is 0 Å². The standard InChI is InChI=1S/C24H22N2O7/c27-23-12-17(19-10-15-2-1-3-16(15)11-22(19)33-23)14-32-24(28)20-13-18(26(29)30)4-5-21(20)25-6-8-31-9-7-25/h4-5,10-13H,1-3,6-9,14H2. The fourth-order valence-corrected chi connectivity index (χ4v) is 4.52. The molecule has 1 aliphatic heterocycles. The third-order valence-corrected chi connectivity index (χ3v) is 6.16. The molecule has 33 heavy (non-hydrogen) atoms. The summed E-state index contributed by atoms with van der Waals surface area (Å²) in [6.45, 7) is 1.98. The first-order valence-electron chi connectivity index (χ1n) is 10.9. The van der Waals surface area contributed by atoms with Gasteiger partial charge in [0.15, 0.2) is 0 Å². The largest absolute Gasteiger partial charge is 0.457 e. The Morgan fingerprint density at radius 1 is 1.09 bits per heavy atom. The van der Waals surface area contributed by atoms with E-state index in [1.165, 1.54) is 29.3 Å². The lowest BCUT2D eigenvalue weighted by atomic mass is 10.0. The molecule has 5 rings (SSSR count). The molecule has 0 spiro atoms. The number of carbonyl (C=O) groups is 1. The normalized spacial score (nSPS) is 15.5. The molecule has 0 bridgehead atoms. The number of fused-ring (bicyclic) bond motifs is 2. The Morgan fingerprint density at radius 2 is 1.85 bits per heavy atom. The summed E-state index contributed by atoms with van der Waals surface area (Å²) in [5.74, 6) is -0.692. The number of ether oxygens (including phenoxy) is 2. The minimum atomic E-state index is -0.692. The third kappa shape index (κ3) is 4.19. The van der Waals surface area contributed by atoms with Gasteiger partial charge < -0.3 is 18.8 Å². The Labute approximate surface area is 188 Å². The summed E-state index contributed by atoms with van der Waals surface area (Å²) in [6.07, 6.45) is 2.96. The molecular formula is C24H22N2O7. The van der Waals surface area contributed by atoms with E-state index in [9.17, 15) is 19.7 Å². The topological polar surface area (TPSA) is 112 Å². The van der Waals surface area contributed by atoms with Crippen molar-refractivity contribution in [2.45, 2.75) is 25.9 Å². The molecular weight excluding hydrogens is 428 g/mol. The highest BCUT2D eigenvalue weighted by atomic mass is 16.6. The summed E-state index contributed by atoms with van der Waals surface area (Å²) >= 11 is 0. The van der Waals surface area contributed by atoms with E-state index in [2.05, 4.69) is 0 Å². The number of nitrogens with zero attached hydrogens (tertiary/aromatic N) is 2. The molecule has 0 N–H and O–H groups in total. The third-order valence-electron chi connectivity index (χ3n) is 6.16. The molecule has 0 unspecified atom stereocenters. The van der Waals surface area contributed by atoms with Crippen molar-refractivity contribution in [3.05, 3.63) is 79.2 Å². The van der Waals surface area contributed by atoms with E-state index in [4.69, 9.17) is 13.9 Å². The van der Waals surface area contributed by atoms with Gasteiger partial charge in [-0.3, -0.25) is 10.1 Å². The van der Waals surface area contributed by atoms with E-state index < -0.39 is 16.5 Å². The first-order valence-corrected chi connectivity index (χ1v) is 10.9. The number of benzene rings is 2. The van der Waals surface area contributed by atoms with Crippen molar-refractivity contribution in [2.24, 2.45) is 0 Å². The van der Waals surface area contributed by atoms with E-state index in [0.717, 1.165) is 24.6 Å². The van der Waals surface area contributed by atoms with Crippen molar-refractivity contribution in [1.82, 2.24) is 0 Å². The molecule has 1 aliphatic carbocycles. The van der Waals surface area contributed by atoms with Crippen molar-refractivity contribution in [3.63, 3.8) is 0 Å². The lowest BCUT2D eigenvalue weighted by molar-refractivity contribution is -0.384. The van der Waals surface area contributed by atoms with Crippen molar-refractivity contribution in [1.29, 1.82) is 0 Å². The van der Waals surface area contributed by atoms with Crippen LogP contribution in [0.25, 0.3) is 11.0 Å². The smallest absolute Gasteiger partial charge is 0.340 e. The summed E-state index contributed by atoms with van der Waals surface area (Å²) in [4.78, 5) is 37.9.